The van der Waals surface area contributed by atoms with E-state index in [1.165, 1.54) is 0 Å². The number of morpholine rings is 1. The predicted octanol–water partition coefficient (Wildman–Crippen LogP) is 8.49. The van der Waals surface area contributed by atoms with Crippen molar-refractivity contribution in [3.05, 3.63) is 81.8 Å². The number of carbonyl (C=O) groups excluding carboxylic acids is 1. The molecule has 0 aliphatic carbocycles. The van der Waals surface area contributed by atoms with Gasteiger partial charge in [0.2, 0.25) is 0 Å². The molecule has 0 spiro atoms. The van der Waals surface area contributed by atoms with Gasteiger partial charge in [-0.05, 0) is 42.3 Å². The average molecular weight is 543 g/mol. The van der Waals surface area contributed by atoms with Crippen LogP contribution in [-0.4, -0.2) is 40.1 Å². The summed E-state index contributed by atoms with van der Waals surface area (Å²) in [5.74, 6) is 0.980. The molecule has 1 heterocycles. The molecule has 3 atom stereocenters. The molecular formula is C27H34Cl3NO2S. The van der Waals surface area contributed by atoms with Crippen LogP contribution in [0.3, 0.4) is 0 Å². The second-order valence-corrected chi connectivity index (χ2v) is 12.2. The zero-order valence-electron chi connectivity index (χ0n) is 20.3. The van der Waals surface area contributed by atoms with Gasteiger partial charge in [-0.15, -0.1) is 6.58 Å². The average Bonchev–Trinajstić information content (AvgIpc) is 2.77. The highest BCUT2D eigenvalue weighted by atomic mass is 35.5. The molecule has 1 fully saturated rings. The molecule has 0 radical (unpaired) electrons. The summed E-state index contributed by atoms with van der Waals surface area (Å²) in [6.45, 7) is 13.1. The first-order valence-corrected chi connectivity index (χ1v) is 13.5. The van der Waals surface area contributed by atoms with E-state index in [-0.39, 0.29) is 22.7 Å². The molecule has 1 amide bonds. The Bertz CT molecular complexity index is 913. The van der Waals surface area contributed by atoms with Gasteiger partial charge in [0, 0.05) is 38.0 Å². The fourth-order valence-corrected chi connectivity index (χ4v) is 5.23. The maximum absolute atomic E-state index is 13.2. The number of hydrogen-bond donors (Lipinski definition) is 0. The zero-order valence-corrected chi connectivity index (χ0v) is 23.4. The number of hydrogen-bond acceptors (Lipinski definition) is 3. The Hall–Kier alpha value is -1.17. The van der Waals surface area contributed by atoms with E-state index in [0.29, 0.717) is 28.1 Å². The van der Waals surface area contributed by atoms with E-state index in [1.54, 1.807) is 24.3 Å². The number of nitrogens with zero attached hydrogens (tertiary/aromatic N) is 1. The van der Waals surface area contributed by atoms with Gasteiger partial charge in [0.15, 0.2) is 0 Å². The Kier molecular flexibility index (Phi) is 11.8. The summed E-state index contributed by atoms with van der Waals surface area (Å²) in [6.07, 6.45) is 2.80. The van der Waals surface area contributed by atoms with Crippen molar-refractivity contribution in [3.8, 4) is 0 Å². The fourth-order valence-electron chi connectivity index (χ4n) is 3.58. The van der Waals surface area contributed by atoms with Crippen molar-refractivity contribution < 1.29 is 9.53 Å². The van der Waals surface area contributed by atoms with Crippen molar-refractivity contribution >= 4 is 52.5 Å². The van der Waals surface area contributed by atoms with Crippen molar-refractivity contribution in [3.63, 3.8) is 0 Å². The summed E-state index contributed by atoms with van der Waals surface area (Å²) in [5.41, 5.74) is 1.07. The molecule has 3 unspecified atom stereocenters. The Morgan fingerprint density at radius 1 is 1.12 bits per heavy atom. The molecule has 0 bridgehead atoms. The lowest BCUT2D eigenvalue weighted by molar-refractivity contribution is -0.163. The maximum atomic E-state index is 13.2. The fraction of sp³-hybridized carbons (Fsp3) is 0.444. The molecule has 3 rings (SSSR count). The quantitative estimate of drug-likeness (QED) is 0.329. The Morgan fingerprint density at radius 2 is 1.74 bits per heavy atom. The van der Waals surface area contributed by atoms with E-state index in [4.69, 9.17) is 39.5 Å². The zero-order chi connectivity index (χ0) is 25.3. The SMILES string of the molecule is C=CCC1OCC(c2ccc(Cl)cc2)N(C(CC)CSC(C)(C)C)C1=O.Clc1cccc(Cl)c1. The summed E-state index contributed by atoms with van der Waals surface area (Å²) in [6, 6.07) is 14.9. The van der Waals surface area contributed by atoms with Gasteiger partial charge in [0.1, 0.15) is 6.10 Å². The Labute approximate surface area is 223 Å². The molecule has 7 heteroatoms. The van der Waals surface area contributed by atoms with E-state index in [9.17, 15) is 4.79 Å². The Morgan fingerprint density at radius 3 is 2.21 bits per heavy atom. The third-order valence-electron chi connectivity index (χ3n) is 5.32. The van der Waals surface area contributed by atoms with Gasteiger partial charge in [0.25, 0.3) is 5.91 Å². The smallest absolute Gasteiger partial charge is 0.252 e. The number of ether oxygens (including phenoxy) is 1. The molecule has 1 aliphatic heterocycles. The first-order valence-electron chi connectivity index (χ1n) is 11.4. The molecule has 2 aromatic rings. The molecule has 0 saturated carbocycles. The summed E-state index contributed by atoms with van der Waals surface area (Å²) >= 11 is 19.1. The first kappa shape index (κ1) is 29.1. The van der Waals surface area contributed by atoms with Crippen LogP contribution < -0.4 is 0 Å². The monoisotopic (exact) mass is 541 g/mol. The normalized spacial score (nSPS) is 19.3. The third-order valence-corrected chi connectivity index (χ3v) is 7.46. The highest BCUT2D eigenvalue weighted by Crippen LogP contribution is 2.34. The van der Waals surface area contributed by atoms with Gasteiger partial charge in [-0.3, -0.25) is 4.79 Å². The molecular weight excluding hydrogens is 509 g/mol. The molecule has 1 aliphatic rings. The standard InChI is InChI=1S/C21H30ClNO2S.C6H4Cl2/c1-6-8-19-20(24)23(17(7-2)14-26-21(3,4)5)18(13-25-19)15-9-11-16(22)12-10-15;7-5-2-1-3-6(8)4-5/h6,9-12,17-19H,1,7-8,13-14H2,2-5H3;1-4H. The topological polar surface area (TPSA) is 29.5 Å². The van der Waals surface area contributed by atoms with Crippen LogP contribution in [-0.2, 0) is 9.53 Å². The van der Waals surface area contributed by atoms with Crippen LogP contribution >= 0.6 is 46.6 Å². The van der Waals surface area contributed by atoms with Gasteiger partial charge in [-0.2, -0.15) is 11.8 Å². The molecule has 34 heavy (non-hydrogen) atoms. The highest BCUT2D eigenvalue weighted by molar-refractivity contribution is 8.00. The minimum absolute atomic E-state index is 0.0671. The highest BCUT2D eigenvalue weighted by Gasteiger charge is 2.40. The van der Waals surface area contributed by atoms with Crippen LogP contribution in [0.15, 0.2) is 61.2 Å². The van der Waals surface area contributed by atoms with Crippen molar-refractivity contribution in [2.75, 3.05) is 12.4 Å². The number of thioether (sulfide) groups is 1. The van der Waals surface area contributed by atoms with Crippen molar-refractivity contribution in [1.29, 1.82) is 0 Å². The van der Waals surface area contributed by atoms with E-state index in [1.807, 2.05) is 42.1 Å². The maximum Gasteiger partial charge on any atom is 0.252 e. The summed E-state index contributed by atoms with van der Waals surface area (Å²) in [4.78, 5) is 15.3. The van der Waals surface area contributed by atoms with Crippen LogP contribution in [0.5, 0.6) is 0 Å². The molecule has 0 aromatic heterocycles. The van der Waals surface area contributed by atoms with Crippen LogP contribution in [0.25, 0.3) is 0 Å². The van der Waals surface area contributed by atoms with E-state index >= 15 is 0 Å². The van der Waals surface area contributed by atoms with Gasteiger partial charge in [0.05, 0.1) is 12.6 Å². The summed E-state index contributed by atoms with van der Waals surface area (Å²) < 4.78 is 6.06. The predicted molar refractivity (Wildman–Crippen MR) is 148 cm³/mol. The first-order chi connectivity index (χ1) is 16.1. The number of rotatable bonds is 7. The van der Waals surface area contributed by atoms with Crippen LogP contribution in [0, 0.1) is 0 Å². The third kappa shape index (κ3) is 9.13. The molecule has 0 N–H and O–H groups in total. The minimum atomic E-state index is -0.426. The number of amides is 1. The van der Waals surface area contributed by atoms with Gasteiger partial charge in [-0.1, -0.05) is 86.8 Å². The van der Waals surface area contributed by atoms with Crippen molar-refractivity contribution in [2.45, 2.75) is 63.5 Å². The summed E-state index contributed by atoms with van der Waals surface area (Å²) in [7, 11) is 0. The van der Waals surface area contributed by atoms with Gasteiger partial charge in [-0.25, -0.2) is 0 Å². The van der Waals surface area contributed by atoms with E-state index in [2.05, 4.69) is 39.2 Å². The lowest BCUT2D eigenvalue weighted by Gasteiger charge is -2.44. The minimum Gasteiger partial charge on any atom is -0.366 e. The largest absolute Gasteiger partial charge is 0.366 e. The van der Waals surface area contributed by atoms with Crippen LogP contribution in [0.2, 0.25) is 15.1 Å². The van der Waals surface area contributed by atoms with Crippen LogP contribution in [0.1, 0.15) is 52.1 Å². The van der Waals surface area contributed by atoms with Gasteiger partial charge < -0.3 is 9.64 Å². The van der Waals surface area contributed by atoms with Crippen molar-refractivity contribution in [1.82, 2.24) is 4.90 Å². The number of halogens is 3. The van der Waals surface area contributed by atoms with Crippen LogP contribution in [0.4, 0.5) is 0 Å². The molecule has 3 nitrogen and oxygen atoms in total. The lowest BCUT2D eigenvalue weighted by atomic mass is 9.99. The molecule has 186 valence electrons. The molecule has 1 saturated heterocycles. The molecule has 2 aromatic carbocycles. The number of benzene rings is 2. The van der Waals surface area contributed by atoms with Gasteiger partial charge >= 0.3 is 0 Å². The summed E-state index contributed by atoms with van der Waals surface area (Å²) in [5, 5.41) is 2.05. The second kappa shape index (κ2) is 13.8. The lowest BCUT2D eigenvalue weighted by Crippen LogP contribution is -2.54. The van der Waals surface area contributed by atoms with E-state index in [0.717, 1.165) is 17.7 Å². The Balaban J connectivity index is 0.000000430. The number of carbonyl (C=O) groups is 1. The van der Waals surface area contributed by atoms with E-state index < -0.39 is 6.10 Å². The van der Waals surface area contributed by atoms with Crippen molar-refractivity contribution in [2.24, 2.45) is 0 Å². The second-order valence-electron chi connectivity index (χ2n) is 9.08.